The number of rotatable bonds is 8. The zero-order valence-electron chi connectivity index (χ0n) is 16.4. The monoisotopic (exact) mass is 398 g/mol. The molecule has 29 heavy (non-hydrogen) atoms. The summed E-state index contributed by atoms with van der Waals surface area (Å²) in [6, 6.07) is 13.7. The lowest BCUT2D eigenvalue weighted by molar-refractivity contribution is -0.140. The van der Waals surface area contributed by atoms with Crippen molar-refractivity contribution < 1.29 is 29.1 Å². The van der Waals surface area contributed by atoms with Gasteiger partial charge in [-0.25, -0.2) is 9.59 Å². The van der Waals surface area contributed by atoms with Gasteiger partial charge in [0.2, 0.25) is 5.78 Å². The maximum absolute atomic E-state index is 12.3. The quantitative estimate of drug-likeness (QED) is 0.240. The van der Waals surface area contributed by atoms with Crippen molar-refractivity contribution in [2.45, 2.75) is 13.8 Å². The predicted octanol–water partition coefficient (Wildman–Crippen LogP) is 2.73. The van der Waals surface area contributed by atoms with Crippen molar-refractivity contribution in [1.29, 1.82) is 0 Å². The number of aliphatic hydroxyl groups is 1. The van der Waals surface area contributed by atoms with Gasteiger partial charge in [0.25, 0.3) is 0 Å². The van der Waals surface area contributed by atoms with Crippen molar-refractivity contribution in [3.8, 4) is 0 Å². The summed E-state index contributed by atoms with van der Waals surface area (Å²) in [5, 5.41) is 12.2. The van der Waals surface area contributed by atoms with Gasteiger partial charge in [0, 0.05) is 30.9 Å². The second-order valence-electron chi connectivity index (χ2n) is 6.10. The molecule has 0 fully saturated rings. The lowest BCUT2D eigenvalue weighted by atomic mass is 10.1. The molecule has 0 aliphatic rings. The first-order chi connectivity index (χ1) is 13.8. The van der Waals surface area contributed by atoms with Crippen molar-refractivity contribution in [3.63, 3.8) is 0 Å². The van der Waals surface area contributed by atoms with Crippen molar-refractivity contribution in [1.82, 2.24) is 0 Å². The van der Waals surface area contributed by atoms with Crippen LogP contribution in [0.5, 0.6) is 0 Å². The summed E-state index contributed by atoms with van der Waals surface area (Å²) in [4.78, 5) is 41.2. The predicted molar refractivity (Wildman–Crippen MR) is 108 cm³/mol. The number of Topliss-reactive ketones (excluding diaryl/α,β-unsaturated/α-hetero) is 1. The molecule has 2 aromatic rings. The minimum absolute atomic E-state index is 0.0450. The standard InChI is InChI=1S/C21H22N2O6/c1-14(22-29-15(2)25)20(26)16-4-8-18(9-5-16)23(3)19-10-6-17(7-11-19)21(27)28-13-12-24/h4-11,24H,12-13H2,1-3H3. The molecule has 1 N–H and O–H groups in total. The molecule has 0 saturated carbocycles. The van der Waals surface area contributed by atoms with Crippen LogP contribution >= 0.6 is 0 Å². The Balaban J connectivity index is 2.09. The van der Waals surface area contributed by atoms with E-state index in [4.69, 9.17) is 9.84 Å². The fraction of sp³-hybridized carbons (Fsp3) is 0.238. The number of benzene rings is 2. The van der Waals surface area contributed by atoms with E-state index >= 15 is 0 Å². The number of esters is 1. The van der Waals surface area contributed by atoms with Crippen LogP contribution in [0.2, 0.25) is 0 Å². The van der Waals surface area contributed by atoms with E-state index in [1.807, 2.05) is 11.9 Å². The number of ketones is 1. The zero-order chi connectivity index (χ0) is 21.4. The second-order valence-corrected chi connectivity index (χ2v) is 6.10. The third-order valence-corrected chi connectivity index (χ3v) is 3.97. The Bertz CT molecular complexity index is 904. The highest BCUT2D eigenvalue weighted by Crippen LogP contribution is 2.24. The third-order valence-electron chi connectivity index (χ3n) is 3.97. The summed E-state index contributed by atoms with van der Waals surface area (Å²) in [5.74, 6) is -1.44. The second kappa shape index (κ2) is 10.1. The fourth-order valence-corrected chi connectivity index (χ4v) is 2.41. The maximum atomic E-state index is 12.3. The first-order valence-corrected chi connectivity index (χ1v) is 8.82. The molecular formula is C21H22N2O6. The average molecular weight is 398 g/mol. The van der Waals surface area contributed by atoms with E-state index in [2.05, 4.69) is 9.99 Å². The van der Waals surface area contributed by atoms with Gasteiger partial charge in [-0.1, -0.05) is 5.16 Å². The average Bonchev–Trinajstić information content (AvgIpc) is 2.74. The van der Waals surface area contributed by atoms with E-state index in [-0.39, 0.29) is 24.7 Å². The van der Waals surface area contributed by atoms with Gasteiger partial charge in [-0.2, -0.15) is 0 Å². The van der Waals surface area contributed by atoms with Gasteiger partial charge in [-0.05, 0) is 55.5 Å². The largest absolute Gasteiger partial charge is 0.460 e. The third kappa shape index (κ3) is 5.98. The number of ether oxygens (including phenoxy) is 1. The summed E-state index contributed by atoms with van der Waals surface area (Å²) in [5.41, 5.74) is 2.53. The van der Waals surface area contributed by atoms with Crippen LogP contribution in [0, 0.1) is 0 Å². The van der Waals surface area contributed by atoms with Crippen LogP contribution in [-0.4, -0.2) is 48.8 Å². The number of carbonyl (C=O) groups excluding carboxylic acids is 3. The molecule has 0 amide bonds. The van der Waals surface area contributed by atoms with Gasteiger partial charge in [-0.15, -0.1) is 0 Å². The van der Waals surface area contributed by atoms with E-state index in [9.17, 15) is 14.4 Å². The number of anilines is 2. The summed E-state index contributed by atoms with van der Waals surface area (Å²) in [6.07, 6.45) is 0. The van der Waals surface area contributed by atoms with Crippen molar-refractivity contribution in [2.24, 2.45) is 5.16 Å². The Kier molecular flexibility index (Phi) is 7.62. The molecule has 8 nitrogen and oxygen atoms in total. The van der Waals surface area contributed by atoms with Crippen LogP contribution in [0.4, 0.5) is 11.4 Å². The molecule has 8 heteroatoms. The Hall–Kier alpha value is -3.52. The smallest absolute Gasteiger partial charge is 0.338 e. The van der Waals surface area contributed by atoms with Crippen LogP contribution in [0.1, 0.15) is 34.6 Å². The molecule has 152 valence electrons. The van der Waals surface area contributed by atoms with E-state index < -0.39 is 11.9 Å². The van der Waals surface area contributed by atoms with E-state index in [0.29, 0.717) is 11.1 Å². The highest BCUT2D eigenvalue weighted by molar-refractivity contribution is 6.45. The highest BCUT2D eigenvalue weighted by atomic mass is 16.7. The molecule has 2 aromatic carbocycles. The Morgan fingerprint density at radius 3 is 1.93 bits per heavy atom. The number of hydrogen-bond donors (Lipinski definition) is 1. The Morgan fingerprint density at radius 2 is 1.45 bits per heavy atom. The van der Waals surface area contributed by atoms with Gasteiger partial charge in [0.15, 0.2) is 0 Å². The summed E-state index contributed by atoms with van der Waals surface area (Å²) in [6.45, 7) is 2.41. The van der Waals surface area contributed by atoms with Gasteiger partial charge >= 0.3 is 11.9 Å². The molecule has 0 atom stereocenters. The summed E-state index contributed by atoms with van der Waals surface area (Å²) < 4.78 is 4.88. The molecule has 0 spiro atoms. The van der Waals surface area contributed by atoms with Gasteiger partial charge in [0.05, 0.1) is 12.2 Å². The Labute approximate surface area is 168 Å². The number of oxime groups is 1. The number of nitrogens with zero attached hydrogens (tertiary/aromatic N) is 2. The van der Waals surface area contributed by atoms with Crippen LogP contribution in [0.25, 0.3) is 0 Å². The normalized spacial score (nSPS) is 11.0. The molecule has 0 bridgehead atoms. The van der Waals surface area contributed by atoms with Crippen molar-refractivity contribution in [3.05, 3.63) is 59.7 Å². The number of hydrogen-bond acceptors (Lipinski definition) is 8. The maximum Gasteiger partial charge on any atom is 0.338 e. The number of carbonyl (C=O) groups is 3. The van der Waals surface area contributed by atoms with Gasteiger partial charge in [0.1, 0.15) is 12.3 Å². The van der Waals surface area contributed by atoms with E-state index in [0.717, 1.165) is 11.4 Å². The molecule has 0 radical (unpaired) electrons. The van der Waals surface area contributed by atoms with Crippen LogP contribution < -0.4 is 4.90 Å². The molecule has 0 aliphatic heterocycles. The van der Waals surface area contributed by atoms with Crippen LogP contribution in [0.3, 0.4) is 0 Å². The van der Waals surface area contributed by atoms with Crippen molar-refractivity contribution in [2.75, 3.05) is 25.2 Å². The Morgan fingerprint density at radius 1 is 0.931 bits per heavy atom. The number of aliphatic hydroxyl groups excluding tert-OH is 1. The minimum atomic E-state index is -0.596. The zero-order valence-corrected chi connectivity index (χ0v) is 16.4. The van der Waals surface area contributed by atoms with E-state index in [1.54, 1.807) is 48.5 Å². The van der Waals surface area contributed by atoms with Crippen molar-refractivity contribution >= 4 is 34.8 Å². The molecule has 0 aliphatic carbocycles. The SMILES string of the molecule is CC(=O)ON=C(C)C(=O)c1ccc(N(C)c2ccc(C(=O)OCCO)cc2)cc1. The topological polar surface area (TPSA) is 106 Å². The van der Waals surface area contributed by atoms with Gasteiger partial charge < -0.3 is 19.6 Å². The summed E-state index contributed by atoms with van der Waals surface area (Å²) in [7, 11) is 1.85. The molecule has 2 rings (SSSR count). The van der Waals surface area contributed by atoms with Crippen LogP contribution in [-0.2, 0) is 14.4 Å². The van der Waals surface area contributed by atoms with Crippen LogP contribution in [0.15, 0.2) is 53.7 Å². The lowest BCUT2D eigenvalue weighted by Crippen LogP contribution is -2.13. The molecule has 0 heterocycles. The van der Waals surface area contributed by atoms with E-state index in [1.165, 1.54) is 13.8 Å². The fourth-order valence-electron chi connectivity index (χ4n) is 2.41. The molecule has 0 saturated heterocycles. The minimum Gasteiger partial charge on any atom is -0.460 e. The first-order valence-electron chi connectivity index (χ1n) is 8.82. The van der Waals surface area contributed by atoms with Gasteiger partial charge in [-0.3, -0.25) is 4.79 Å². The summed E-state index contributed by atoms with van der Waals surface area (Å²) >= 11 is 0. The molecular weight excluding hydrogens is 376 g/mol. The molecule has 0 aromatic heterocycles. The first kappa shape index (κ1) is 21.8. The highest BCUT2D eigenvalue weighted by Gasteiger charge is 2.13. The molecule has 0 unspecified atom stereocenters. The lowest BCUT2D eigenvalue weighted by Gasteiger charge is -2.20.